The molecule has 1 aromatic rings. The molecule has 0 aromatic heterocycles. The lowest BCUT2D eigenvalue weighted by Gasteiger charge is -2.30. The molecule has 0 radical (unpaired) electrons. The molecule has 0 saturated carbocycles. The second-order valence-corrected chi connectivity index (χ2v) is 5.54. The Labute approximate surface area is 115 Å². The zero-order valence-electron chi connectivity index (χ0n) is 10.5. The van der Waals surface area contributed by atoms with Crippen LogP contribution < -0.4 is 5.32 Å². The fraction of sp³-hybridized carbons (Fsp3) is 0.538. The Morgan fingerprint density at radius 2 is 2.39 bits per heavy atom. The fourth-order valence-electron chi connectivity index (χ4n) is 2.02. The molecule has 1 fully saturated rings. The molecular formula is C13H18BrFN2O. The Hall–Kier alpha value is -0.490. The Balaban J connectivity index is 1.77. The van der Waals surface area contributed by atoms with Crippen LogP contribution in [0.2, 0.25) is 0 Å². The molecule has 2 rings (SSSR count). The number of likely N-dealkylation sites (N-methyl/N-ethyl adjacent to an activating group) is 1. The zero-order chi connectivity index (χ0) is 13.0. The average molecular weight is 317 g/mol. The number of hydrogen-bond donors (Lipinski definition) is 1. The van der Waals surface area contributed by atoms with Gasteiger partial charge in [-0.05, 0) is 19.2 Å². The van der Waals surface area contributed by atoms with Crippen LogP contribution in [0, 0.1) is 5.82 Å². The topological polar surface area (TPSA) is 24.5 Å². The van der Waals surface area contributed by atoms with E-state index >= 15 is 0 Å². The van der Waals surface area contributed by atoms with E-state index in [4.69, 9.17) is 4.74 Å². The first-order valence-electron chi connectivity index (χ1n) is 6.10. The highest BCUT2D eigenvalue weighted by molar-refractivity contribution is 9.10. The quantitative estimate of drug-likeness (QED) is 0.919. The first kappa shape index (κ1) is 13.9. The van der Waals surface area contributed by atoms with Gasteiger partial charge in [0.15, 0.2) is 0 Å². The summed E-state index contributed by atoms with van der Waals surface area (Å²) in [5, 5.41) is 3.25. The maximum Gasteiger partial charge on any atom is 0.128 e. The molecule has 0 spiro atoms. The van der Waals surface area contributed by atoms with E-state index < -0.39 is 0 Å². The number of rotatable bonds is 4. The molecule has 1 heterocycles. The van der Waals surface area contributed by atoms with Gasteiger partial charge in [0, 0.05) is 36.2 Å². The van der Waals surface area contributed by atoms with Gasteiger partial charge >= 0.3 is 0 Å². The highest BCUT2D eigenvalue weighted by Gasteiger charge is 2.17. The van der Waals surface area contributed by atoms with Crippen molar-refractivity contribution in [1.29, 1.82) is 0 Å². The molecule has 1 saturated heterocycles. The minimum Gasteiger partial charge on any atom is -0.374 e. The highest BCUT2D eigenvalue weighted by atomic mass is 79.9. The third-order valence-corrected chi connectivity index (χ3v) is 3.54. The second kappa shape index (κ2) is 6.61. The van der Waals surface area contributed by atoms with Gasteiger partial charge in [-0.15, -0.1) is 0 Å². The molecule has 0 unspecified atom stereocenters. The number of nitrogens with zero attached hydrogens (tertiary/aromatic N) is 1. The van der Waals surface area contributed by atoms with E-state index in [1.807, 2.05) is 6.07 Å². The number of morpholine rings is 1. The summed E-state index contributed by atoms with van der Waals surface area (Å²) in [4.78, 5) is 2.25. The van der Waals surface area contributed by atoms with Gasteiger partial charge in [-0.1, -0.05) is 22.0 Å². The molecule has 18 heavy (non-hydrogen) atoms. The largest absolute Gasteiger partial charge is 0.374 e. The lowest BCUT2D eigenvalue weighted by atomic mass is 10.2. The van der Waals surface area contributed by atoms with Crippen molar-refractivity contribution in [2.75, 3.05) is 33.3 Å². The molecule has 3 nitrogen and oxygen atoms in total. The molecular weight excluding hydrogens is 299 g/mol. The van der Waals surface area contributed by atoms with Gasteiger partial charge in [0.05, 0.1) is 12.7 Å². The SMILES string of the molecule is CN1CCO[C@H](CNCc2ccc(Br)cc2F)C1. The molecule has 0 bridgehead atoms. The standard InChI is InChI=1S/C13H18BrFN2O/c1-17-4-5-18-12(9-17)8-16-7-10-2-3-11(14)6-13(10)15/h2-3,6,12,16H,4-5,7-9H2,1H3/t12-/m1/s1. The summed E-state index contributed by atoms with van der Waals surface area (Å²) < 4.78 is 20.0. The number of nitrogens with one attached hydrogen (secondary N) is 1. The van der Waals surface area contributed by atoms with E-state index in [1.165, 1.54) is 6.07 Å². The van der Waals surface area contributed by atoms with Gasteiger partial charge in [-0.25, -0.2) is 4.39 Å². The second-order valence-electron chi connectivity index (χ2n) is 4.62. The maximum atomic E-state index is 13.6. The van der Waals surface area contributed by atoms with Crippen LogP contribution in [-0.4, -0.2) is 44.3 Å². The van der Waals surface area contributed by atoms with Crippen molar-refractivity contribution < 1.29 is 9.13 Å². The van der Waals surface area contributed by atoms with Gasteiger partial charge in [0.1, 0.15) is 5.82 Å². The van der Waals surface area contributed by atoms with E-state index in [0.29, 0.717) is 12.1 Å². The zero-order valence-corrected chi connectivity index (χ0v) is 12.0. The van der Waals surface area contributed by atoms with E-state index in [1.54, 1.807) is 6.07 Å². The van der Waals surface area contributed by atoms with Crippen molar-refractivity contribution in [3.05, 3.63) is 34.1 Å². The molecule has 1 aromatic carbocycles. The first-order chi connectivity index (χ1) is 8.65. The molecule has 1 N–H and O–H groups in total. The number of hydrogen-bond acceptors (Lipinski definition) is 3. The molecule has 100 valence electrons. The summed E-state index contributed by atoms with van der Waals surface area (Å²) in [5.41, 5.74) is 0.683. The van der Waals surface area contributed by atoms with E-state index in [-0.39, 0.29) is 11.9 Å². The van der Waals surface area contributed by atoms with Crippen molar-refractivity contribution in [3.8, 4) is 0 Å². The Bertz CT molecular complexity index is 403. The van der Waals surface area contributed by atoms with Gasteiger partial charge in [0.2, 0.25) is 0 Å². The number of ether oxygens (including phenoxy) is 1. The van der Waals surface area contributed by atoms with Crippen molar-refractivity contribution in [3.63, 3.8) is 0 Å². The fourth-order valence-corrected chi connectivity index (χ4v) is 2.36. The summed E-state index contributed by atoms with van der Waals surface area (Å²) >= 11 is 3.25. The summed E-state index contributed by atoms with van der Waals surface area (Å²) in [6, 6.07) is 5.13. The normalized spacial score (nSPS) is 21.2. The van der Waals surface area contributed by atoms with Crippen LogP contribution in [0.5, 0.6) is 0 Å². The lowest BCUT2D eigenvalue weighted by Crippen LogP contribution is -2.44. The lowest BCUT2D eigenvalue weighted by molar-refractivity contribution is -0.0182. The van der Waals surface area contributed by atoms with Crippen LogP contribution in [0.25, 0.3) is 0 Å². The van der Waals surface area contributed by atoms with E-state index in [0.717, 1.165) is 30.7 Å². The Kier molecular flexibility index (Phi) is 5.12. The van der Waals surface area contributed by atoms with Crippen LogP contribution >= 0.6 is 15.9 Å². The van der Waals surface area contributed by atoms with Crippen LogP contribution in [0.4, 0.5) is 4.39 Å². The van der Waals surface area contributed by atoms with Crippen LogP contribution in [-0.2, 0) is 11.3 Å². The molecule has 0 amide bonds. The van der Waals surface area contributed by atoms with Crippen molar-refractivity contribution >= 4 is 15.9 Å². The predicted octanol–water partition coefficient (Wildman–Crippen LogP) is 2.01. The van der Waals surface area contributed by atoms with Crippen LogP contribution in [0.3, 0.4) is 0 Å². The Morgan fingerprint density at radius 3 is 3.11 bits per heavy atom. The van der Waals surface area contributed by atoms with Gasteiger partial charge in [0.25, 0.3) is 0 Å². The number of benzene rings is 1. The highest BCUT2D eigenvalue weighted by Crippen LogP contribution is 2.15. The average Bonchev–Trinajstić information content (AvgIpc) is 2.32. The molecule has 1 aliphatic rings. The molecule has 1 atom stereocenters. The minimum atomic E-state index is -0.182. The Morgan fingerprint density at radius 1 is 1.56 bits per heavy atom. The van der Waals surface area contributed by atoms with Crippen LogP contribution in [0.1, 0.15) is 5.56 Å². The minimum absolute atomic E-state index is 0.182. The molecule has 0 aliphatic carbocycles. The van der Waals surface area contributed by atoms with Crippen molar-refractivity contribution in [2.24, 2.45) is 0 Å². The first-order valence-corrected chi connectivity index (χ1v) is 6.89. The summed E-state index contributed by atoms with van der Waals surface area (Å²) in [7, 11) is 2.09. The van der Waals surface area contributed by atoms with Gasteiger partial charge in [-0.2, -0.15) is 0 Å². The predicted molar refractivity (Wildman–Crippen MR) is 73.0 cm³/mol. The van der Waals surface area contributed by atoms with Crippen LogP contribution in [0.15, 0.2) is 22.7 Å². The summed E-state index contributed by atoms with van der Waals surface area (Å²) in [6.07, 6.45) is 0.197. The third kappa shape index (κ3) is 4.02. The third-order valence-electron chi connectivity index (χ3n) is 3.04. The maximum absolute atomic E-state index is 13.6. The van der Waals surface area contributed by atoms with Gasteiger partial charge < -0.3 is 15.0 Å². The van der Waals surface area contributed by atoms with E-state index in [2.05, 4.69) is 33.2 Å². The number of halogens is 2. The summed E-state index contributed by atoms with van der Waals surface area (Å²) in [5.74, 6) is -0.182. The molecule has 1 aliphatic heterocycles. The summed E-state index contributed by atoms with van der Waals surface area (Å²) in [6.45, 7) is 3.96. The smallest absolute Gasteiger partial charge is 0.128 e. The van der Waals surface area contributed by atoms with Gasteiger partial charge in [-0.3, -0.25) is 0 Å². The van der Waals surface area contributed by atoms with E-state index in [9.17, 15) is 4.39 Å². The molecule has 5 heteroatoms. The van der Waals surface area contributed by atoms with Crippen molar-refractivity contribution in [2.45, 2.75) is 12.6 Å². The monoisotopic (exact) mass is 316 g/mol. The van der Waals surface area contributed by atoms with Crippen molar-refractivity contribution in [1.82, 2.24) is 10.2 Å².